The summed E-state index contributed by atoms with van der Waals surface area (Å²) >= 11 is 13.6. The van der Waals surface area contributed by atoms with Crippen LogP contribution in [-0.2, 0) is 5.75 Å². The van der Waals surface area contributed by atoms with Crippen LogP contribution in [0.1, 0.15) is 5.89 Å². The molecule has 4 aromatic rings. The third kappa shape index (κ3) is 3.35. The Morgan fingerprint density at radius 2 is 2.12 bits per heavy atom. The average molecular weight is 408 g/mol. The van der Waals surface area contributed by atoms with Crippen LogP contribution in [0.4, 0.5) is 0 Å². The van der Waals surface area contributed by atoms with Crippen LogP contribution in [0.15, 0.2) is 46.2 Å². The van der Waals surface area contributed by atoms with Gasteiger partial charge < -0.3 is 9.26 Å². The van der Waals surface area contributed by atoms with E-state index in [1.54, 1.807) is 23.8 Å². The summed E-state index contributed by atoms with van der Waals surface area (Å²) < 4.78 is 12.3. The van der Waals surface area contributed by atoms with Crippen molar-refractivity contribution in [1.29, 1.82) is 0 Å². The van der Waals surface area contributed by atoms with Crippen LogP contribution in [-0.4, -0.2) is 31.8 Å². The maximum Gasteiger partial charge on any atom is 0.237 e. The van der Waals surface area contributed by atoms with Gasteiger partial charge in [0, 0.05) is 11.8 Å². The highest BCUT2D eigenvalue weighted by molar-refractivity contribution is 7.98. The molecule has 0 aliphatic rings. The molecule has 7 nitrogen and oxygen atoms in total. The number of rotatable bonds is 5. The number of methoxy groups -OCH3 is 1. The summed E-state index contributed by atoms with van der Waals surface area (Å²) in [4.78, 5) is 4.41. The Labute approximate surface area is 162 Å². The molecule has 0 atom stereocenters. The maximum atomic E-state index is 6.12. The monoisotopic (exact) mass is 407 g/mol. The van der Waals surface area contributed by atoms with Gasteiger partial charge in [-0.2, -0.15) is 4.98 Å². The molecule has 0 spiro atoms. The highest BCUT2D eigenvalue weighted by atomic mass is 35.5. The quantitative estimate of drug-likeness (QED) is 0.453. The number of nitrogens with zero attached hydrogens (tertiary/aromatic N) is 5. The molecule has 0 saturated heterocycles. The number of benzene rings is 1. The Hall–Kier alpha value is -2.29. The zero-order valence-electron chi connectivity index (χ0n) is 13.4. The molecule has 26 heavy (non-hydrogen) atoms. The fourth-order valence-electron chi connectivity index (χ4n) is 2.32. The number of pyridine rings is 1. The number of thioether (sulfide) groups is 1. The van der Waals surface area contributed by atoms with E-state index in [0.29, 0.717) is 38.3 Å². The fourth-order valence-corrected chi connectivity index (χ4v) is 3.58. The van der Waals surface area contributed by atoms with Gasteiger partial charge in [-0.3, -0.25) is 4.40 Å². The topological polar surface area (TPSA) is 78.3 Å². The fraction of sp³-hybridized carbons (Fsp3) is 0.125. The van der Waals surface area contributed by atoms with Crippen molar-refractivity contribution >= 4 is 40.6 Å². The van der Waals surface area contributed by atoms with Crippen LogP contribution < -0.4 is 4.74 Å². The summed E-state index contributed by atoms with van der Waals surface area (Å²) in [5.41, 5.74) is 1.36. The van der Waals surface area contributed by atoms with Crippen LogP contribution in [0.3, 0.4) is 0 Å². The molecule has 4 rings (SSSR count). The average Bonchev–Trinajstić information content (AvgIpc) is 3.27. The molecule has 10 heteroatoms. The van der Waals surface area contributed by atoms with E-state index in [4.69, 9.17) is 32.5 Å². The molecule has 1 aromatic carbocycles. The lowest BCUT2D eigenvalue weighted by molar-refractivity contribution is 0.391. The molecule has 3 aromatic heterocycles. The Morgan fingerprint density at radius 3 is 2.96 bits per heavy atom. The lowest BCUT2D eigenvalue weighted by Crippen LogP contribution is -1.90. The lowest BCUT2D eigenvalue weighted by Gasteiger charge is -2.00. The SMILES string of the molecule is COc1cccc(-c2noc(CSc3nnc4c(Cl)cc(Cl)cn34)n2)c1. The molecule has 0 aliphatic carbocycles. The highest BCUT2D eigenvalue weighted by Gasteiger charge is 2.14. The molecule has 0 N–H and O–H groups in total. The molecule has 0 fully saturated rings. The number of hydrogen-bond donors (Lipinski definition) is 0. The van der Waals surface area contributed by atoms with Crippen molar-refractivity contribution in [2.45, 2.75) is 10.9 Å². The molecule has 132 valence electrons. The first-order valence-corrected chi connectivity index (χ1v) is 9.18. The van der Waals surface area contributed by atoms with Crippen molar-refractivity contribution in [1.82, 2.24) is 24.7 Å². The summed E-state index contributed by atoms with van der Waals surface area (Å²) in [6.45, 7) is 0. The second kappa shape index (κ2) is 7.14. The van der Waals surface area contributed by atoms with Crippen molar-refractivity contribution in [3.05, 3.63) is 52.5 Å². The van der Waals surface area contributed by atoms with Gasteiger partial charge in [0.05, 0.1) is 22.9 Å². The minimum atomic E-state index is 0.432. The lowest BCUT2D eigenvalue weighted by atomic mass is 10.2. The minimum absolute atomic E-state index is 0.432. The Balaban J connectivity index is 1.53. The van der Waals surface area contributed by atoms with Gasteiger partial charge in [0.2, 0.25) is 11.7 Å². The number of fused-ring (bicyclic) bond motifs is 1. The second-order valence-electron chi connectivity index (χ2n) is 5.21. The van der Waals surface area contributed by atoms with E-state index in [-0.39, 0.29) is 0 Å². The molecule has 3 heterocycles. The maximum absolute atomic E-state index is 6.12. The number of hydrogen-bond acceptors (Lipinski definition) is 7. The number of ether oxygens (including phenoxy) is 1. The Bertz CT molecular complexity index is 1080. The molecule has 0 amide bonds. The Morgan fingerprint density at radius 1 is 1.23 bits per heavy atom. The summed E-state index contributed by atoms with van der Waals surface area (Å²) in [5.74, 6) is 2.13. The predicted molar refractivity (Wildman–Crippen MR) is 98.9 cm³/mol. The van der Waals surface area contributed by atoms with Gasteiger partial charge in [0.25, 0.3) is 0 Å². The van der Waals surface area contributed by atoms with E-state index in [0.717, 1.165) is 11.3 Å². The zero-order valence-corrected chi connectivity index (χ0v) is 15.7. The van der Waals surface area contributed by atoms with Crippen molar-refractivity contribution in [3.8, 4) is 17.1 Å². The first-order valence-electron chi connectivity index (χ1n) is 7.43. The van der Waals surface area contributed by atoms with Gasteiger partial charge in [-0.05, 0) is 18.2 Å². The van der Waals surface area contributed by atoms with E-state index in [2.05, 4.69) is 20.3 Å². The molecule has 0 aliphatic heterocycles. The zero-order chi connectivity index (χ0) is 18.1. The minimum Gasteiger partial charge on any atom is -0.497 e. The van der Waals surface area contributed by atoms with Gasteiger partial charge in [-0.1, -0.05) is 52.3 Å². The third-order valence-corrected chi connectivity index (χ3v) is 4.93. The van der Waals surface area contributed by atoms with Gasteiger partial charge >= 0.3 is 0 Å². The summed E-state index contributed by atoms with van der Waals surface area (Å²) in [5, 5.41) is 13.8. The summed E-state index contributed by atoms with van der Waals surface area (Å²) in [6.07, 6.45) is 1.71. The summed E-state index contributed by atoms with van der Waals surface area (Å²) in [7, 11) is 1.61. The molecule has 0 radical (unpaired) electrons. The predicted octanol–water partition coefficient (Wildman–Crippen LogP) is 4.39. The van der Waals surface area contributed by atoms with E-state index in [9.17, 15) is 0 Å². The molecule has 0 saturated carbocycles. The van der Waals surface area contributed by atoms with Crippen LogP contribution in [0.25, 0.3) is 17.0 Å². The van der Waals surface area contributed by atoms with Crippen molar-refractivity contribution < 1.29 is 9.26 Å². The molecule has 0 unspecified atom stereocenters. The van der Waals surface area contributed by atoms with Gasteiger partial charge in [-0.15, -0.1) is 10.2 Å². The molecule has 0 bridgehead atoms. The first kappa shape index (κ1) is 17.1. The number of aromatic nitrogens is 5. The van der Waals surface area contributed by atoms with Gasteiger partial charge in [0.1, 0.15) is 5.75 Å². The van der Waals surface area contributed by atoms with E-state index in [1.807, 2.05) is 24.3 Å². The van der Waals surface area contributed by atoms with Gasteiger partial charge in [-0.25, -0.2) is 0 Å². The largest absolute Gasteiger partial charge is 0.497 e. The van der Waals surface area contributed by atoms with Crippen LogP contribution >= 0.6 is 35.0 Å². The van der Waals surface area contributed by atoms with Crippen LogP contribution in [0, 0.1) is 0 Å². The van der Waals surface area contributed by atoms with Gasteiger partial charge in [0.15, 0.2) is 10.8 Å². The standard InChI is InChI=1S/C16H11Cl2N5O2S/c1-24-11-4-2-3-9(5-11)14-19-13(25-22-14)8-26-16-21-20-15-12(18)6-10(17)7-23(15)16/h2-7H,8H2,1H3. The third-order valence-electron chi connectivity index (χ3n) is 3.52. The smallest absolute Gasteiger partial charge is 0.237 e. The van der Waals surface area contributed by atoms with Crippen molar-refractivity contribution in [2.75, 3.05) is 7.11 Å². The molecular weight excluding hydrogens is 397 g/mol. The Kier molecular flexibility index (Phi) is 4.71. The normalized spacial score (nSPS) is 11.2. The summed E-state index contributed by atoms with van der Waals surface area (Å²) in [6, 6.07) is 9.08. The van der Waals surface area contributed by atoms with Crippen LogP contribution in [0.2, 0.25) is 10.0 Å². The number of halogens is 2. The van der Waals surface area contributed by atoms with Crippen LogP contribution in [0.5, 0.6) is 5.75 Å². The van der Waals surface area contributed by atoms with E-state index >= 15 is 0 Å². The first-order chi connectivity index (χ1) is 12.6. The van der Waals surface area contributed by atoms with Crippen molar-refractivity contribution in [2.24, 2.45) is 0 Å². The van der Waals surface area contributed by atoms with E-state index < -0.39 is 0 Å². The van der Waals surface area contributed by atoms with Crippen molar-refractivity contribution in [3.63, 3.8) is 0 Å². The van der Waals surface area contributed by atoms with E-state index in [1.165, 1.54) is 11.8 Å². The second-order valence-corrected chi connectivity index (χ2v) is 7.00. The highest BCUT2D eigenvalue weighted by Crippen LogP contribution is 2.27. The molecular formula is C16H11Cl2N5O2S.